The molecule has 0 aliphatic heterocycles. The SMILES string of the molecule is CC1(C)[C@@H]2CC[C@@]1(C)[C@H](OC(=O)CC[N+](C)(C)CC(=O)OCc1ccccc1)C2. The van der Waals surface area contributed by atoms with Gasteiger partial charge in [-0.2, -0.15) is 0 Å². The van der Waals surface area contributed by atoms with Crippen molar-refractivity contribution >= 4 is 11.9 Å². The zero-order chi connectivity index (χ0) is 21.3. The number of esters is 2. The van der Waals surface area contributed by atoms with Crippen molar-refractivity contribution in [1.29, 1.82) is 0 Å². The Morgan fingerprint density at radius 1 is 1.10 bits per heavy atom. The molecule has 2 aliphatic carbocycles. The number of rotatable bonds is 8. The van der Waals surface area contributed by atoms with Crippen LogP contribution in [0.4, 0.5) is 0 Å². The number of carbonyl (C=O) groups is 2. The molecule has 2 saturated carbocycles. The highest BCUT2D eigenvalue weighted by Crippen LogP contribution is 2.66. The highest BCUT2D eigenvalue weighted by atomic mass is 16.5. The Balaban J connectivity index is 1.43. The van der Waals surface area contributed by atoms with Gasteiger partial charge in [0, 0.05) is 5.41 Å². The van der Waals surface area contributed by atoms with Crippen LogP contribution in [0.3, 0.4) is 0 Å². The summed E-state index contributed by atoms with van der Waals surface area (Å²) < 4.78 is 11.7. The number of benzene rings is 1. The Morgan fingerprint density at radius 3 is 2.38 bits per heavy atom. The summed E-state index contributed by atoms with van der Waals surface area (Å²) in [5.41, 5.74) is 1.28. The molecule has 29 heavy (non-hydrogen) atoms. The summed E-state index contributed by atoms with van der Waals surface area (Å²) >= 11 is 0. The van der Waals surface area contributed by atoms with Crippen molar-refractivity contribution in [3.63, 3.8) is 0 Å². The van der Waals surface area contributed by atoms with E-state index in [1.165, 1.54) is 6.42 Å². The number of likely N-dealkylation sites (N-methyl/N-ethyl adjacent to an activating group) is 1. The van der Waals surface area contributed by atoms with Crippen molar-refractivity contribution in [3.05, 3.63) is 35.9 Å². The minimum atomic E-state index is -0.255. The third-order valence-corrected chi connectivity index (χ3v) is 7.71. The maximum absolute atomic E-state index is 12.5. The van der Waals surface area contributed by atoms with Gasteiger partial charge < -0.3 is 14.0 Å². The van der Waals surface area contributed by atoms with Crippen LogP contribution in [0.25, 0.3) is 0 Å². The van der Waals surface area contributed by atoms with Gasteiger partial charge in [0.05, 0.1) is 27.1 Å². The first-order valence-corrected chi connectivity index (χ1v) is 10.7. The highest BCUT2D eigenvalue weighted by Gasteiger charge is 2.62. The monoisotopic (exact) mass is 402 g/mol. The largest absolute Gasteiger partial charge is 0.462 e. The van der Waals surface area contributed by atoms with Gasteiger partial charge in [0.15, 0.2) is 6.54 Å². The van der Waals surface area contributed by atoms with Crippen LogP contribution in [0, 0.1) is 16.7 Å². The van der Waals surface area contributed by atoms with E-state index >= 15 is 0 Å². The number of fused-ring (bicyclic) bond motifs is 2. The summed E-state index contributed by atoms with van der Waals surface area (Å²) in [5, 5.41) is 0. The smallest absolute Gasteiger partial charge is 0.362 e. The average Bonchev–Trinajstić information content (AvgIpc) is 2.99. The summed E-state index contributed by atoms with van der Waals surface area (Å²) in [6.07, 6.45) is 3.70. The van der Waals surface area contributed by atoms with Crippen molar-refractivity contribution in [2.75, 3.05) is 27.2 Å². The fourth-order valence-electron chi connectivity index (χ4n) is 5.13. The second kappa shape index (κ2) is 8.10. The minimum absolute atomic E-state index is 0.0233. The Labute approximate surface area is 175 Å². The number of hydrogen-bond donors (Lipinski definition) is 0. The molecule has 1 aromatic carbocycles. The van der Waals surface area contributed by atoms with E-state index in [1.54, 1.807) is 0 Å². The molecule has 0 amide bonds. The molecular formula is C24H36NO4+. The standard InChI is InChI=1S/C24H36NO4/c1-23(2)19-11-13-24(23,3)20(15-19)29-21(26)12-14-25(4,5)16-22(27)28-17-18-9-7-6-8-10-18/h6-10,19-20H,11-17H2,1-5H3/q+1/t19-,20-,24+/m1/s1. The van der Waals surface area contributed by atoms with Gasteiger partial charge in [-0.25, -0.2) is 4.79 Å². The van der Waals surface area contributed by atoms with Gasteiger partial charge in [-0.15, -0.1) is 0 Å². The third kappa shape index (κ3) is 4.66. The molecule has 5 nitrogen and oxygen atoms in total. The van der Waals surface area contributed by atoms with E-state index < -0.39 is 0 Å². The molecule has 3 atom stereocenters. The summed E-state index contributed by atoms with van der Waals surface area (Å²) in [7, 11) is 3.89. The lowest BCUT2D eigenvalue weighted by atomic mass is 9.70. The Bertz CT molecular complexity index is 743. The molecule has 0 saturated heterocycles. The molecule has 160 valence electrons. The van der Waals surface area contributed by atoms with Crippen LogP contribution in [0.2, 0.25) is 0 Å². The molecule has 0 heterocycles. The van der Waals surface area contributed by atoms with Crippen LogP contribution in [-0.2, 0) is 25.7 Å². The fourth-order valence-corrected chi connectivity index (χ4v) is 5.13. The lowest BCUT2D eigenvalue weighted by Crippen LogP contribution is -2.46. The van der Waals surface area contributed by atoms with E-state index in [0.717, 1.165) is 18.4 Å². The molecule has 0 spiro atoms. The number of nitrogens with zero attached hydrogens (tertiary/aromatic N) is 1. The van der Waals surface area contributed by atoms with E-state index in [-0.39, 0.29) is 42.0 Å². The molecule has 2 fully saturated rings. The summed E-state index contributed by atoms with van der Waals surface area (Å²) in [5.74, 6) is 0.245. The van der Waals surface area contributed by atoms with Crippen LogP contribution in [0.5, 0.6) is 0 Å². The van der Waals surface area contributed by atoms with Gasteiger partial charge in [0.2, 0.25) is 0 Å². The van der Waals surface area contributed by atoms with Gasteiger partial charge in [0.1, 0.15) is 12.7 Å². The van der Waals surface area contributed by atoms with E-state index in [9.17, 15) is 9.59 Å². The summed E-state index contributed by atoms with van der Waals surface area (Å²) in [6.45, 7) is 7.98. The van der Waals surface area contributed by atoms with Crippen molar-refractivity contribution in [1.82, 2.24) is 0 Å². The Kier molecular flexibility index (Phi) is 6.09. The van der Waals surface area contributed by atoms with E-state index in [1.807, 2.05) is 44.4 Å². The molecule has 5 heteroatoms. The van der Waals surface area contributed by atoms with Gasteiger partial charge >= 0.3 is 11.9 Å². The second-order valence-corrected chi connectivity index (χ2v) is 10.3. The van der Waals surface area contributed by atoms with Crippen LogP contribution >= 0.6 is 0 Å². The first kappa shape index (κ1) is 21.8. The highest BCUT2D eigenvalue weighted by molar-refractivity contribution is 5.71. The van der Waals surface area contributed by atoms with Crippen LogP contribution in [0.1, 0.15) is 52.0 Å². The molecule has 0 unspecified atom stereocenters. The average molecular weight is 403 g/mol. The first-order chi connectivity index (χ1) is 13.5. The lowest BCUT2D eigenvalue weighted by molar-refractivity contribution is -0.882. The maximum Gasteiger partial charge on any atom is 0.362 e. The number of quaternary nitrogens is 1. The normalized spacial score (nSPS) is 27.6. The number of ether oxygens (including phenoxy) is 2. The fraction of sp³-hybridized carbons (Fsp3) is 0.667. The summed E-state index contributed by atoms with van der Waals surface area (Å²) in [6, 6.07) is 9.64. The van der Waals surface area contributed by atoms with Gasteiger partial charge in [-0.1, -0.05) is 51.1 Å². The maximum atomic E-state index is 12.5. The van der Waals surface area contributed by atoms with E-state index in [0.29, 0.717) is 23.4 Å². The number of hydrogen-bond acceptors (Lipinski definition) is 4. The molecule has 0 N–H and O–H groups in total. The van der Waals surface area contributed by atoms with Crippen molar-refractivity contribution in [2.45, 2.75) is 59.2 Å². The predicted molar refractivity (Wildman–Crippen MR) is 112 cm³/mol. The number of carbonyl (C=O) groups excluding carboxylic acids is 2. The molecule has 2 bridgehead atoms. The molecule has 0 aromatic heterocycles. The molecule has 2 aliphatic rings. The molecule has 1 aromatic rings. The first-order valence-electron chi connectivity index (χ1n) is 10.7. The second-order valence-electron chi connectivity index (χ2n) is 10.3. The minimum Gasteiger partial charge on any atom is -0.462 e. The summed E-state index contributed by atoms with van der Waals surface area (Å²) in [4.78, 5) is 24.7. The van der Waals surface area contributed by atoms with Gasteiger partial charge in [-0.05, 0) is 36.2 Å². The topological polar surface area (TPSA) is 52.6 Å². The van der Waals surface area contributed by atoms with Crippen molar-refractivity contribution in [2.24, 2.45) is 16.7 Å². The molecular weight excluding hydrogens is 366 g/mol. The van der Waals surface area contributed by atoms with E-state index in [2.05, 4.69) is 20.8 Å². The van der Waals surface area contributed by atoms with Crippen molar-refractivity contribution < 1.29 is 23.5 Å². The van der Waals surface area contributed by atoms with E-state index in [4.69, 9.17) is 9.47 Å². The van der Waals surface area contributed by atoms with Gasteiger partial charge in [-0.3, -0.25) is 4.79 Å². The Hall–Kier alpha value is -1.88. The quantitative estimate of drug-likeness (QED) is 0.488. The van der Waals surface area contributed by atoms with Crippen LogP contribution in [-0.4, -0.2) is 49.7 Å². The molecule has 3 rings (SSSR count). The third-order valence-electron chi connectivity index (χ3n) is 7.71. The zero-order valence-electron chi connectivity index (χ0n) is 18.6. The molecule has 0 radical (unpaired) electrons. The zero-order valence-corrected chi connectivity index (χ0v) is 18.6. The van der Waals surface area contributed by atoms with Crippen molar-refractivity contribution in [3.8, 4) is 0 Å². The van der Waals surface area contributed by atoms with Crippen LogP contribution < -0.4 is 0 Å². The van der Waals surface area contributed by atoms with Crippen LogP contribution in [0.15, 0.2) is 30.3 Å². The Morgan fingerprint density at radius 2 is 1.79 bits per heavy atom. The predicted octanol–water partition coefficient (Wildman–Crippen LogP) is 3.95. The van der Waals surface area contributed by atoms with Gasteiger partial charge in [0.25, 0.3) is 0 Å². The lowest BCUT2D eigenvalue weighted by Gasteiger charge is -2.38.